The lowest BCUT2D eigenvalue weighted by Gasteiger charge is -2.17. The number of hydrogen-bond acceptors (Lipinski definition) is 10. The van der Waals surface area contributed by atoms with Crippen LogP contribution in [0.25, 0.3) is 0 Å². The van der Waals surface area contributed by atoms with Crippen molar-refractivity contribution in [1.29, 1.82) is 0 Å². The lowest BCUT2D eigenvalue weighted by atomic mass is 9.99. The van der Waals surface area contributed by atoms with Gasteiger partial charge in [0.25, 0.3) is 0 Å². The van der Waals surface area contributed by atoms with Crippen molar-refractivity contribution < 1.29 is 19.8 Å². The van der Waals surface area contributed by atoms with Gasteiger partial charge in [-0.1, -0.05) is 90.2 Å². The highest BCUT2D eigenvalue weighted by Gasteiger charge is 2.28. The molecule has 3 atom stereocenters. The van der Waals surface area contributed by atoms with Crippen molar-refractivity contribution in [2.24, 2.45) is 5.10 Å². The minimum atomic E-state index is -0.663. The van der Waals surface area contributed by atoms with Gasteiger partial charge in [0, 0.05) is 13.5 Å². The minimum Gasteiger partial charge on any atom is -0.395 e. The van der Waals surface area contributed by atoms with E-state index in [1.54, 1.807) is 0 Å². The SMILES string of the molecule is CN1N=C(NC(=O)C(CO)c2ccccc2)SC1CCCCc1nnc(NC(=O)C(CO)c2ccccc2)s1. The summed E-state index contributed by atoms with van der Waals surface area (Å²) < 4.78 is 0. The maximum Gasteiger partial charge on any atom is 0.236 e. The van der Waals surface area contributed by atoms with Crippen molar-refractivity contribution in [3.63, 3.8) is 0 Å². The Hall–Kier alpha value is -3.32. The number of anilines is 1. The number of nitrogens with zero attached hydrogens (tertiary/aromatic N) is 4. The zero-order valence-corrected chi connectivity index (χ0v) is 23.2. The molecule has 3 aromatic rings. The Balaban J connectivity index is 1.19. The maximum atomic E-state index is 12.7. The zero-order chi connectivity index (χ0) is 27.6. The van der Waals surface area contributed by atoms with Crippen LogP contribution >= 0.6 is 23.1 Å². The lowest BCUT2D eigenvalue weighted by molar-refractivity contribution is -0.122. The van der Waals surface area contributed by atoms with E-state index in [2.05, 4.69) is 25.9 Å². The van der Waals surface area contributed by atoms with Gasteiger partial charge in [-0.3, -0.25) is 19.9 Å². The van der Waals surface area contributed by atoms with Gasteiger partial charge in [0.1, 0.15) is 5.01 Å². The number of carbonyl (C=O) groups is 2. The lowest BCUT2D eigenvalue weighted by Crippen LogP contribution is -2.34. The van der Waals surface area contributed by atoms with E-state index in [9.17, 15) is 19.8 Å². The van der Waals surface area contributed by atoms with Crippen LogP contribution in [0.2, 0.25) is 0 Å². The number of rotatable bonds is 12. The van der Waals surface area contributed by atoms with Crippen LogP contribution in [0.4, 0.5) is 5.13 Å². The van der Waals surface area contributed by atoms with E-state index in [0.717, 1.165) is 41.8 Å². The van der Waals surface area contributed by atoms with E-state index in [1.165, 1.54) is 23.1 Å². The van der Waals surface area contributed by atoms with Crippen molar-refractivity contribution >= 4 is 45.2 Å². The van der Waals surface area contributed by atoms with E-state index in [-0.39, 0.29) is 30.4 Å². The predicted molar refractivity (Wildman–Crippen MR) is 153 cm³/mol. The largest absolute Gasteiger partial charge is 0.395 e. The van der Waals surface area contributed by atoms with Gasteiger partial charge in [-0.05, 0) is 24.0 Å². The van der Waals surface area contributed by atoms with Crippen LogP contribution in [-0.2, 0) is 16.0 Å². The monoisotopic (exact) mass is 568 g/mol. The number of hydrogen-bond donors (Lipinski definition) is 4. The number of aryl methyl sites for hydroxylation is 1. The summed E-state index contributed by atoms with van der Waals surface area (Å²) in [5, 5.41) is 41.5. The zero-order valence-electron chi connectivity index (χ0n) is 21.6. The van der Waals surface area contributed by atoms with Crippen LogP contribution < -0.4 is 10.6 Å². The van der Waals surface area contributed by atoms with Crippen molar-refractivity contribution in [2.45, 2.75) is 42.9 Å². The van der Waals surface area contributed by atoms with E-state index < -0.39 is 11.8 Å². The topological polar surface area (TPSA) is 140 Å². The molecule has 0 fully saturated rings. The van der Waals surface area contributed by atoms with E-state index in [1.807, 2.05) is 72.7 Å². The predicted octanol–water partition coefficient (Wildman–Crippen LogP) is 3.13. The Labute approximate surface area is 235 Å². The summed E-state index contributed by atoms with van der Waals surface area (Å²) in [5.74, 6) is -1.90. The number of carbonyl (C=O) groups excluding carboxylic acids is 2. The van der Waals surface area contributed by atoms with Gasteiger partial charge in [0.05, 0.1) is 30.4 Å². The van der Waals surface area contributed by atoms with Crippen molar-refractivity contribution in [1.82, 2.24) is 20.5 Å². The fourth-order valence-corrected chi connectivity index (χ4v) is 6.03. The van der Waals surface area contributed by atoms with Crippen molar-refractivity contribution in [3.05, 3.63) is 76.8 Å². The highest BCUT2D eigenvalue weighted by Crippen LogP contribution is 2.29. The highest BCUT2D eigenvalue weighted by atomic mass is 32.2. The summed E-state index contributed by atoms with van der Waals surface area (Å²) in [5.41, 5.74) is 1.50. The standard InChI is InChI=1S/C27H32N6O4S2/c1-33-23(39-27(32-33)29-25(37)21(17-35)19-12-6-3-7-13-19)15-9-8-14-22-30-31-26(38-22)28-24(36)20(16-34)18-10-4-2-5-11-18/h2-7,10-13,20-21,23,34-35H,8-9,14-17H2,1H3,(H,28,31,36)(H,29,32,37). The molecule has 0 spiro atoms. The summed E-state index contributed by atoms with van der Waals surface area (Å²) in [6.07, 6.45) is 3.41. The van der Waals surface area contributed by atoms with Gasteiger partial charge in [-0.25, -0.2) is 0 Å². The summed E-state index contributed by atoms with van der Waals surface area (Å²) in [4.78, 5) is 25.3. The first-order chi connectivity index (χ1) is 19.0. The molecule has 206 valence electrons. The molecule has 4 N–H and O–H groups in total. The van der Waals surface area contributed by atoms with E-state index >= 15 is 0 Å². The second-order valence-corrected chi connectivity index (χ2v) is 11.3. The van der Waals surface area contributed by atoms with Gasteiger partial charge in [0.15, 0.2) is 5.17 Å². The molecular formula is C27H32N6O4S2. The van der Waals surface area contributed by atoms with Crippen LogP contribution in [0, 0.1) is 0 Å². The molecule has 1 aliphatic heterocycles. The third kappa shape index (κ3) is 7.85. The summed E-state index contributed by atoms with van der Waals surface area (Å²) in [6.45, 7) is -0.571. The first-order valence-electron chi connectivity index (χ1n) is 12.7. The highest BCUT2D eigenvalue weighted by molar-refractivity contribution is 8.14. The number of aliphatic hydroxyl groups is 2. The number of amidine groups is 1. The first kappa shape index (κ1) is 28.7. The normalized spacial score (nSPS) is 16.4. The molecule has 39 heavy (non-hydrogen) atoms. The van der Waals surface area contributed by atoms with Gasteiger partial charge >= 0.3 is 0 Å². The van der Waals surface area contributed by atoms with Crippen LogP contribution in [0.15, 0.2) is 65.8 Å². The number of thioether (sulfide) groups is 1. The van der Waals surface area contributed by atoms with Gasteiger partial charge in [-0.15, -0.1) is 10.2 Å². The van der Waals surface area contributed by atoms with E-state index in [0.29, 0.717) is 10.3 Å². The maximum absolute atomic E-state index is 12.7. The second-order valence-electron chi connectivity index (χ2n) is 9.07. The number of benzene rings is 2. The summed E-state index contributed by atoms with van der Waals surface area (Å²) in [6, 6.07) is 18.3. The molecule has 4 rings (SSSR count). The van der Waals surface area contributed by atoms with Crippen LogP contribution in [0.1, 0.15) is 47.2 Å². The first-order valence-corrected chi connectivity index (χ1v) is 14.4. The third-order valence-electron chi connectivity index (χ3n) is 6.33. The molecule has 12 heteroatoms. The van der Waals surface area contributed by atoms with E-state index in [4.69, 9.17) is 0 Å². The molecule has 0 saturated carbocycles. The molecule has 3 unspecified atom stereocenters. The summed E-state index contributed by atoms with van der Waals surface area (Å²) >= 11 is 2.84. The fraction of sp³-hybridized carbons (Fsp3) is 0.370. The molecule has 0 saturated heterocycles. The van der Waals surface area contributed by atoms with Gasteiger partial charge in [-0.2, -0.15) is 5.10 Å². The second kappa shape index (κ2) is 14.2. The average Bonchev–Trinajstić information content (AvgIpc) is 3.53. The Kier molecular flexibility index (Phi) is 10.4. The molecule has 1 aliphatic rings. The van der Waals surface area contributed by atoms with Crippen molar-refractivity contribution in [2.75, 3.05) is 25.6 Å². The molecule has 0 radical (unpaired) electrons. The minimum absolute atomic E-state index is 0.0993. The van der Waals surface area contributed by atoms with Gasteiger partial charge in [0.2, 0.25) is 16.9 Å². The molecular weight excluding hydrogens is 536 g/mol. The summed E-state index contributed by atoms with van der Waals surface area (Å²) in [7, 11) is 1.88. The Morgan fingerprint density at radius 1 is 0.897 bits per heavy atom. The quantitative estimate of drug-likeness (QED) is 0.244. The number of hydrazone groups is 1. The fourth-order valence-electron chi connectivity index (χ4n) is 4.17. The number of unbranched alkanes of at least 4 members (excludes halogenated alkanes) is 1. The van der Waals surface area contributed by atoms with Crippen LogP contribution in [0.3, 0.4) is 0 Å². The van der Waals surface area contributed by atoms with Gasteiger partial charge < -0.3 is 15.5 Å². The molecule has 2 amide bonds. The van der Waals surface area contributed by atoms with Crippen LogP contribution in [0.5, 0.6) is 0 Å². The smallest absolute Gasteiger partial charge is 0.236 e. The molecule has 0 aliphatic carbocycles. The average molecular weight is 569 g/mol. The molecule has 1 aromatic heterocycles. The Morgan fingerprint density at radius 3 is 2.08 bits per heavy atom. The molecule has 2 aromatic carbocycles. The van der Waals surface area contributed by atoms with Crippen molar-refractivity contribution in [3.8, 4) is 0 Å². The third-order valence-corrected chi connectivity index (χ3v) is 8.45. The number of amides is 2. The number of nitrogens with one attached hydrogen (secondary N) is 2. The molecule has 0 bridgehead atoms. The number of aliphatic hydroxyl groups excluding tert-OH is 2. The molecule has 10 nitrogen and oxygen atoms in total. The van der Waals surface area contributed by atoms with Crippen LogP contribution in [-0.4, -0.2) is 68.0 Å². The Morgan fingerprint density at radius 2 is 1.49 bits per heavy atom. The Bertz CT molecular complexity index is 1260. The number of aromatic nitrogens is 2. The molecule has 2 heterocycles.